The van der Waals surface area contributed by atoms with Crippen molar-refractivity contribution in [3.63, 3.8) is 0 Å². The molecule has 6 nitrogen and oxygen atoms in total. The minimum absolute atomic E-state index is 0.323. The summed E-state index contributed by atoms with van der Waals surface area (Å²) < 4.78 is 4.94. The van der Waals surface area contributed by atoms with Crippen LogP contribution < -0.4 is 10.7 Å². The number of carbonyl (C=O) groups excluding carboxylic acids is 1. The summed E-state index contributed by atoms with van der Waals surface area (Å²) in [5.74, 6) is -0.323. The van der Waals surface area contributed by atoms with Crippen molar-refractivity contribution in [2.75, 3.05) is 27.3 Å². The van der Waals surface area contributed by atoms with E-state index < -0.39 is 0 Å². The van der Waals surface area contributed by atoms with E-state index in [2.05, 4.69) is 10.7 Å². The van der Waals surface area contributed by atoms with E-state index in [0.717, 1.165) is 6.42 Å². The van der Waals surface area contributed by atoms with Crippen molar-refractivity contribution in [1.82, 2.24) is 15.8 Å². The van der Waals surface area contributed by atoms with Gasteiger partial charge in [0.2, 0.25) is 0 Å². The molecule has 2 N–H and O–H groups in total. The van der Waals surface area contributed by atoms with E-state index in [9.17, 15) is 4.79 Å². The molecule has 0 unspecified atom stereocenters. The predicted octanol–water partition coefficient (Wildman–Crippen LogP) is 1.05. The molecule has 112 valence electrons. The Morgan fingerprint density at radius 2 is 2.29 bits per heavy atom. The zero-order valence-corrected chi connectivity index (χ0v) is 12.9. The van der Waals surface area contributed by atoms with Gasteiger partial charge in [-0.2, -0.15) is 5.26 Å². The van der Waals surface area contributed by atoms with Crippen LogP contribution in [0.5, 0.6) is 0 Å². The van der Waals surface area contributed by atoms with E-state index >= 15 is 0 Å². The molecule has 21 heavy (non-hydrogen) atoms. The summed E-state index contributed by atoms with van der Waals surface area (Å²) >= 11 is 5.15. The van der Waals surface area contributed by atoms with Crippen molar-refractivity contribution < 1.29 is 9.53 Å². The van der Waals surface area contributed by atoms with Gasteiger partial charge in [0.05, 0.1) is 11.6 Å². The lowest BCUT2D eigenvalue weighted by Gasteiger charge is -2.21. The number of carbonyl (C=O) groups is 1. The normalized spacial score (nSPS) is 9.57. The van der Waals surface area contributed by atoms with Gasteiger partial charge in [0, 0.05) is 32.9 Å². The summed E-state index contributed by atoms with van der Waals surface area (Å²) in [5, 5.41) is 13.7. The minimum atomic E-state index is -0.323. The molecule has 1 rings (SSSR count). The van der Waals surface area contributed by atoms with Gasteiger partial charge in [0.1, 0.15) is 0 Å². The average molecular weight is 306 g/mol. The molecule has 1 aromatic rings. The third-order valence-electron chi connectivity index (χ3n) is 2.63. The van der Waals surface area contributed by atoms with E-state index in [1.807, 2.05) is 6.07 Å². The van der Waals surface area contributed by atoms with E-state index in [0.29, 0.717) is 29.4 Å². The third kappa shape index (κ3) is 5.77. The SMILES string of the molecule is COCCCNC(=S)N(C)NC(=O)c1cccc(C#N)c1. The first kappa shape index (κ1) is 16.9. The second-order valence-electron chi connectivity index (χ2n) is 4.27. The van der Waals surface area contributed by atoms with E-state index in [1.54, 1.807) is 32.4 Å². The second kappa shape index (κ2) is 8.89. The molecule has 0 aliphatic heterocycles. The molecule has 1 aromatic carbocycles. The van der Waals surface area contributed by atoms with Crippen LogP contribution in [0.4, 0.5) is 0 Å². The van der Waals surface area contributed by atoms with E-state index in [-0.39, 0.29) is 5.91 Å². The Hall–Kier alpha value is -2.17. The van der Waals surface area contributed by atoms with Crippen LogP contribution in [-0.2, 0) is 4.74 Å². The number of nitrogens with zero attached hydrogens (tertiary/aromatic N) is 2. The molecule has 0 atom stereocenters. The van der Waals surface area contributed by atoms with Crippen molar-refractivity contribution in [2.24, 2.45) is 0 Å². The van der Waals surface area contributed by atoms with Crippen LogP contribution in [0.2, 0.25) is 0 Å². The molecule has 0 aromatic heterocycles. The summed E-state index contributed by atoms with van der Waals surface area (Å²) in [6, 6.07) is 8.46. The molecule has 0 fully saturated rings. The number of methoxy groups -OCH3 is 1. The number of nitrogens with one attached hydrogen (secondary N) is 2. The minimum Gasteiger partial charge on any atom is -0.385 e. The van der Waals surface area contributed by atoms with Crippen LogP contribution in [0, 0.1) is 11.3 Å². The Bertz CT molecular complexity index is 542. The van der Waals surface area contributed by atoms with Crippen LogP contribution >= 0.6 is 12.2 Å². The van der Waals surface area contributed by atoms with E-state index in [1.165, 1.54) is 11.1 Å². The number of thiocarbonyl (C=S) groups is 1. The fourth-order valence-corrected chi connectivity index (χ4v) is 1.68. The highest BCUT2D eigenvalue weighted by molar-refractivity contribution is 7.80. The van der Waals surface area contributed by atoms with Crippen LogP contribution in [0.3, 0.4) is 0 Å². The predicted molar refractivity (Wildman–Crippen MR) is 83.5 cm³/mol. The van der Waals surface area contributed by atoms with E-state index in [4.69, 9.17) is 22.2 Å². The lowest BCUT2D eigenvalue weighted by Crippen LogP contribution is -2.48. The average Bonchev–Trinajstić information content (AvgIpc) is 2.51. The maximum absolute atomic E-state index is 12.0. The zero-order valence-electron chi connectivity index (χ0n) is 12.0. The Morgan fingerprint density at radius 3 is 2.95 bits per heavy atom. The standard InChI is InChI=1S/C14H18N4O2S/c1-18(14(21)16-7-4-8-20-2)17-13(19)12-6-3-5-11(9-12)10-15/h3,5-6,9H,4,7-8H2,1-2H3,(H,16,21)(H,17,19). The first-order valence-electron chi connectivity index (χ1n) is 6.40. The van der Waals surface area contributed by atoms with Gasteiger partial charge in [-0.05, 0) is 36.8 Å². The Balaban J connectivity index is 2.49. The lowest BCUT2D eigenvalue weighted by molar-refractivity contribution is 0.0886. The highest BCUT2D eigenvalue weighted by Crippen LogP contribution is 2.04. The van der Waals surface area contributed by atoms with Gasteiger partial charge < -0.3 is 10.1 Å². The summed E-state index contributed by atoms with van der Waals surface area (Å²) in [6.45, 7) is 1.31. The first-order chi connectivity index (χ1) is 10.1. The quantitative estimate of drug-likeness (QED) is 0.481. The maximum Gasteiger partial charge on any atom is 0.269 e. The van der Waals surface area contributed by atoms with Gasteiger partial charge in [-0.1, -0.05) is 6.07 Å². The maximum atomic E-state index is 12.0. The Kier molecular flexibility index (Phi) is 7.15. The van der Waals surface area contributed by atoms with Crippen molar-refractivity contribution in [3.05, 3.63) is 35.4 Å². The summed E-state index contributed by atoms with van der Waals surface area (Å²) in [4.78, 5) is 12.0. The molecular weight excluding hydrogens is 288 g/mol. The fraction of sp³-hybridized carbons (Fsp3) is 0.357. The van der Waals surface area contributed by atoms with Crippen LogP contribution in [0.1, 0.15) is 22.3 Å². The molecule has 0 heterocycles. The molecule has 0 radical (unpaired) electrons. The van der Waals surface area contributed by atoms with Gasteiger partial charge in [-0.15, -0.1) is 0 Å². The van der Waals surface area contributed by atoms with Crippen molar-refractivity contribution >= 4 is 23.2 Å². The summed E-state index contributed by atoms with van der Waals surface area (Å²) in [6.07, 6.45) is 0.822. The van der Waals surface area contributed by atoms with Crippen LogP contribution in [-0.4, -0.2) is 43.3 Å². The lowest BCUT2D eigenvalue weighted by atomic mass is 10.1. The molecule has 0 saturated carbocycles. The summed E-state index contributed by atoms with van der Waals surface area (Å²) in [5.41, 5.74) is 3.48. The molecule has 1 amide bonds. The number of amides is 1. The second-order valence-corrected chi connectivity index (χ2v) is 4.66. The number of hydrogen-bond donors (Lipinski definition) is 2. The Labute approximate surface area is 129 Å². The highest BCUT2D eigenvalue weighted by atomic mass is 32.1. The van der Waals surface area contributed by atoms with Crippen LogP contribution in [0.25, 0.3) is 0 Å². The van der Waals surface area contributed by atoms with Gasteiger partial charge >= 0.3 is 0 Å². The number of benzene rings is 1. The van der Waals surface area contributed by atoms with Gasteiger partial charge in [-0.3, -0.25) is 15.2 Å². The molecule has 0 bridgehead atoms. The van der Waals surface area contributed by atoms with Crippen molar-refractivity contribution in [1.29, 1.82) is 5.26 Å². The van der Waals surface area contributed by atoms with Gasteiger partial charge in [0.25, 0.3) is 5.91 Å². The van der Waals surface area contributed by atoms with Gasteiger partial charge in [-0.25, -0.2) is 0 Å². The summed E-state index contributed by atoms with van der Waals surface area (Å²) in [7, 11) is 3.29. The smallest absolute Gasteiger partial charge is 0.269 e. The topological polar surface area (TPSA) is 77.4 Å². The molecule has 0 aliphatic carbocycles. The number of rotatable bonds is 5. The zero-order chi connectivity index (χ0) is 15.7. The fourth-order valence-electron chi connectivity index (χ4n) is 1.53. The van der Waals surface area contributed by atoms with Crippen molar-refractivity contribution in [2.45, 2.75) is 6.42 Å². The molecular formula is C14H18N4O2S. The molecule has 0 aliphatic rings. The molecule has 0 saturated heterocycles. The number of nitriles is 1. The largest absolute Gasteiger partial charge is 0.385 e. The Morgan fingerprint density at radius 1 is 1.52 bits per heavy atom. The van der Waals surface area contributed by atoms with Gasteiger partial charge in [0.15, 0.2) is 5.11 Å². The third-order valence-corrected chi connectivity index (χ3v) is 3.05. The van der Waals surface area contributed by atoms with Crippen molar-refractivity contribution in [3.8, 4) is 6.07 Å². The van der Waals surface area contributed by atoms with Crippen LogP contribution in [0.15, 0.2) is 24.3 Å². The highest BCUT2D eigenvalue weighted by Gasteiger charge is 2.10. The number of hydrazine groups is 1. The first-order valence-corrected chi connectivity index (χ1v) is 6.81. The monoisotopic (exact) mass is 306 g/mol. The number of hydrogen-bond acceptors (Lipinski definition) is 4. The molecule has 0 spiro atoms. The molecule has 7 heteroatoms. The number of ether oxygens (including phenoxy) is 1.